The number of aryl methyl sites for hydroxylation is 6. The van der Waals surface area contributed by atoms with Crippen LogP contribution in [-0.2, 0) is 0 Å². The van der Waals surface area contributed by atoms with E-state index in [4.69, 9.17) is 0 Å². The summed E-state index contributed by atoms with van der Waals surface area (Å²) in [6.45, 7) is 13.5. The summed E-state index contributed by atoms with van der Waals surface area (Å²) in [5.41, 5.74) is 11.4. The number of hydrogen-bond donors (Lipinski definition) is 0. The van der Waals surface area contributed by atoms with E-state index in [0.717, 1.165) is 8.46 Å². The van der Waals surface area contributed by atoms with Gasteiger partial charge in [0.15, 0.2) is 0 Å². The van der Waals surface area contributed by atoms with Gasteiger partial charge in [0.05, 0.1) is 0 Å². The summed E-state index contributed by atoms with van der Waals surface area (Å²) >= 11 is 0. The fourth-order valence-electron chi connectivity index (χ4n) is 4.28. The summed E-state index contributed by atoms with van der Waals surface area (Å²) in [6, 6.07) is 20.3. The van der Waals surface area contributed by atoms with Crippen molar-refractivity contribution in [2.45, 2.75) is 41.5 Å². The average molecular weight is 358 g/mol. The molecule has 0 aliphatic rings. The van der Waals surface area contributed by atoms with E-state index in [-0.39, 0.29) is 0 Å². The van der Waals surface area contributed by atoms with Crippen LogP contribution in [-0.4, -0.2) is 6.43 Å². The van der Waals surface area contributed by atoms with Gasteiger partial charge in [0, 0.05) is 0 Å². The second-order valence-electron chi connectivity index (χ2n) is 7.57. The summed E-state index contributed by atoms with van der Waals surface area (Å²) in [7, 11) is 0.730. The molecule has 0 saturated carbocycles. The van der Waals surface area contributed by atoms with E-state index >= 15 is 0 Å². The molecule has 0 aliphatic heterocycles. The van der Waals surface area contributed by atoms with Crippen molar-refractivity contribution in [3.05, 3.63) is 88.0 Å². The molecule has 1 unspecified atom stereocenters. The molecule has 0 amide bonds. The van der Waals surface area contributed by atoms with Crippen molar-refractivity contribution in [1.29, 1.82) is 0 Å². The minimum Gasteiger partial charge on any atom is -0.113 e. The molecule has 0 saturated heterocycles. The maximum absolute atomic E-state index is 2.34. The van der Waals surface area contributed by atoms with E-state index in [9.17, 15) is 0 Å². The molecule has 2 heteroatoms. The van der Waals surface area contributed by atoms with Crippen molar-refractivity contribution in [3.63, 3.8) is 0 Å². The predicted octanol–water partition coefficient (Wildman–Crippen LogP) is 4.65. The summed E-state index contributed by atoms with van der Waals surface area (Å²) in [6.07, 6.45) is 0.415. The fraction of sp³-hybridized carbons (Fsp3) is 0.250. The SMILES string of the molecule is Cc1cc(C)c(B(Pc2ccccc2)c2c(C)cc(C)cc2C)c(C)c1. The third-order valence-electron chi connectivity index (χ3n) is 5.14. The molecule has 3 aromatic rings. The van der Waals surface area contributed by atoms with Gasteiger partial charge >= 0.3 is 0 Å². The van der Waals surface area contributed by atoms with Crippen molar-refractivity contribution < 1.29 is 0 Å². The van der Waals surface area contributed by atoms with Crippen LogP contribution < -0.4 is 16.2 Å². The van der Waals surface area contributed by atoms with Crippen molar-refractivity contribution in [2.24, 2.45) is 0 Å². The molecule has 0 radical (unpaired) electrons. The lowest BCUT2D eigenvalue weighted by Gasteiger charge is -2.24. The highest BCUT2D eigenvalue weighted by molar-refractivity contribution is 7.86. The molecule has 0 N–H and O–H groups in total. The van der Waals surface area contributed by atoms with Crippen LogP contribution in [0.15, 0.2) is 54.6 Å². The second kappa shape index (κ2) is 7.81. The van der Waals surface area contributed by atoms with Gasteiger partial charge < -0.3 is 0 Å². The fourth-order valence-corrected chi connectivity index (χ4v) is 6.20. The van der Waals surface area contributed by atoms with Crippen LogP contribution in [0.5, 0.6) is 0 Å². The Morgan fingerprint density at radius 1 is 0.577 bits per heavy atom. The van der Waals surface area contributed by atoms with Gasteiger partial charge in [0.2, 0.25) is 6.43 Å². The third-order valence-corrected chi connectivity index (χ3v) is 6.67. The monoisotopic (exact) mass is 358 g/mol. The van der Waals surface area contributed by atoms with Crippen molar-refractivity contribution in [3.8, 4) is 0 Å². The van der Waals surface area contributed by atoms with Crippen LogP contribution in [0.3, 0.4) is 0 Å². The standard InChI is InChI=1S/C24H28BP/c1-16-12-18(3)23(19(4)13-16)25(26-22-10-8-7-9-11-22)24-20(5)14-17(2)15-21(24)6/h7-15,26H,1-6H3. The zero-order valence-electron chi connectivity index (χ0n) is 16.8. The van der Waals surface area contributed by atoms with E-state index < -0.39 is 0 Å². The number of benzene rings is 3. The van der Waals surface area contributed by atoms with Crippen LogP contribution in [0.1, 0.15) is 33.4 Å². The lowest BCUT2D eigenvalue weighted by molar-refractivity contribution is 1.34. The Morgan fingerprint density at radius 2 is 0.962 bits per heavy atom. The van der Waals surface area contributed by atoms with Gasteiger partial charge in [-0.05, 0) is 46.8 Å². The van der Waals surface area contributed by atoms with E-state index in [1.54, 1.807) is 0 Å². The minimum absolute atomic E-state index is 0.415. The Balaban J connectivity index is 2.21. The van der Waals surface area contributed by atoms with Gasteiger partial charge in [0.1, 0.15) is 0 Å². The van der Waals surface area contributed by atoms with E-state index in [0.29, 0.717) is 6.43 Å². The van der Waals surface area contributed by atoms with Crippen LogP contribution in [0.25, 0.3) is 0 Å². The Labute approximate surface area is 160 Å². The molecule has 0 aromatic heterocycles. The van der Waals surface area contributed by atoms with E-state index in [1.165, 1.54) is 49.6 Å². The molecule has 0 bridgehead atoms. The molecular formula is C24H28BP. The highest BCUT2D eigenvalue weighted by Gasteiger charge is 2.26. The highest BCUT2D eigenvalue weighted by Crippen LogP contribution is 2.22. The van der Waals surface area contributed by atoms with Crippen LogP contribution >= 0.6 is 8.46 Å². The minimum atomic E-state index is 0.415. The van der Waals surface area contributed by atoms with Crippen LogP contribution in [0.2, 0.25) is 0 Å². The summed E-state index contributed by atoms with van der Waals surface area (Å²) < 4.78 is 0. The molecule has 26 heavy (non-hydrogen) atoms. The molecule has 0 heterocycles. The molecular weight excluding hydrogens is 330 g/mol. The van der Waals surface area contributed by atoms with Gasteiger partial charge in [0.25, 0.3) is 0 Å². The number of hydrogen-bond acceptors (Lipinski definition) is 0. The van der Waals surface area contributed by atoms with Crippen molar-refractivity contribution >= 4 is 31.1 Å². The lowest BCUT2D eigenvalue weighted by atomic mass is 9.56. The Kier molecular flexibility index (Phi) is 5.68. The Morgan fingerprint density at radius 3 is 1.35 bits per heavy atom. The summed E-state index contributed by atoms with van der Waals surface area (Å²) in [5, 5.41) is 1.43. The third kappa shape index (κ3) is 3.94. The smallest absolute Gasteiger partial charge is 0.113 e. The molecule has 0 fully saturated rings. The Hall–Kier alpha value is -1.85. The summed E-state index contributed by atoms with van der Waals surface area (Å²) in [4.78, 5) is 0. The lowest BCUT2D eigenvalue weighted by Crippen LogP contribution is -2.45. The first-order valence-electron chi connectivity index (χ1n) is 9.34. The van der Waals surface area contributed by atoms with Crippen molar-refractivity contribution in [1.82, 2.24) is 0 Å². The van der Waals surface area contributed by atoms with Crippen LogP contribution in [0.4, 0.5) is 0 Å². The number of rotatable bonds is 4. The quantitative estimate of drug-likeness (QED) is 0.471. The zero-order valence-corrected chi connectivity index (χ0v) is 17.8. The van der Waals surface area contributed by atoms with Crippen molar-refractivity contribution in [2.75, 3.05) is 0 Å². The molecule has 0 aliphatic carbocycles. The Bertz CT molecular complexity index is 825. The molecule has 1 atom stereocenters. The van der Waals surface area contributed by atoms with E-state index in [2.05, 4.69) is 96.1 Å². The van der Waals surface area contributed by atoms with Gasteiger partial charge in [-0.1, -0.05) is 98.9 Å². The van der Waals surface area contributed by atoms with E-state index in [1.807, 2.05) is 0 Å². The molecule has 0 spiro atoms. The van der Waals surface area contributed by atoms with Gasteiger partial charge in [-0.3, -0.25) is 0 Å². The maximum Gasteiger partial charge on any atom is 0.240 e. The van der Waals surface area contributed by atoms with Gasteiger partial charge in [-0.15, -0.1) is 8.46 Å². The predicted molar refractivity (Wildman–Crippen MR) is 121 cm³/mol. The molecule has 0 nitrogen and oxygen atoms in total. The summed E-state index contributed by atoms with van der Waals surface area (Å²) in [5.74, 6) is 0. The molecule has 132 valence electrons. The largest absolute Gasteiger partial charge is 0.240 e. The molecule has 3 rings (SSSR count). The first-order valence-corrected chi connectivity index (χ1v) is 10.4. The van der Waals surface area contributed by atoms with Gasteiger partial charge in [-0.2, -0.15) is 0 Å². The topological polar surface area (TPSA) is 0 Å². The zero-order chi connectivity index (χ0) is 18.8. The first kappa shape index (κ1) is 18.9. The highest BCUT2D eigenvalue weighted by atomic mass is 31.1. The normalized spacial score (nSPS) is 11.3. The average Bonchev–Trinajstić information content (AvgIpc) is 2.53. The first-order chi connectivity index (χ1) is 12.4. The van der Waals surface area contributed by atoms with Gasteiger partial charge in [-0.25, -0.2) is 0 Å². The maximum atomic E-state index is 2.34. The molecule has 3 aromatic carbocycles. The second-order valence-corrected chi connectivity index (χ2v) is 9.01. The van der Waals surface area contributed by atoms with Crippen LogP contribution in [0, 0.1) is 41.5 Å².